The molecule has 1 fully saturated rings. The molecule has 0 amide bonds. The van der Waals surface area contributed by atoms with Gasteiger partial charge in [-0.1, -0.05) is 17.7 Å². The fraction of sp³-hybridized carbons (Fsp3) is 0.500. The number of hydrogen-bond acceptors (Lipinski definition) is 3. The van der Waals surface area contributed by atoms with E-state index in [4.69, 9.17) is 4.74 Å². The molecule has 3 heteroatoms. The average molecular weight is 207 g/mol. The van der Waals surface area contributed by atoms with Crippen LogP contribution in [0, 0.1) is 6.92 Å². The first kappa shape index (κ1) is 10.5. The predicted molar refractivity (Wildman–Crippen MR) is 59.1 cm³/mol. The standard InChI is InChI=1S/C12H17NO2/c1-10-2-4-11(5-3-10)15-9-12(14)6-7-13-8-12/h2-5,13-14H,6-9H2,1H3. The summed E-state index contributed by atoms with van der Waals surface area (Å²) >= 11 is 0. The summed E-state index contributed by atoms with van der Waals surface area (Å²) in [7, 11) is 0. The third-order valence-electron chi connectivity index (χ3n) is 2.75. The second-order valence-corrected chi connectivity index (χ2v) is 4.25. The van der Waals surface area contributed by atoms with Crippen molar-refractivity contribution in [1.29, 1.82) is 0 Å². The fourth-order valence-corrected chi connectivity index (χ4v) is 1.71. The lowest BCUT2D eigenvalue weighted by molar-refractivity contribution is 0.0130. The Bertz CT molecular complexity index is 315. The topological polar surface area (TPSA) is 41.5 Å². The predicted octanol–water partition coefficient (Wildman–Crippen LogP) is 1.10. The number of hydrogen-bond donors (Lipinski definition) is 2. The smallest absolute Gasteiger partial charge is 0.119 e. The normalized spacial score (nSPS) is 25.5. The van der Waals surface area contributed by atoms with Gasteiger partial charge in [0.25, 0.3) is 0 Å². The lowest BCUT2D eigenvalue weighted by atomic mass is 10.1. The summed E-state index contributed by atoms with van der Waals surface area (Å²) in [4.78, 5) is 0. The third-order valence-corrected chi connectivity index (χ3v) is 2.75. The van der Waals surface area contributed by atoms with Gasteiger partial charge in [0, 0.05) is 6.54 Å². The summed E-state index contributed by atoms with van der Waals surface area (Å²) in [6.45, 7) is 3.90. The van der Waals surface area contributed by atoms with Crippen LogP contribution in [0.4, 0.5) is 0 Å². The van der Waals surface area contributed by atoms with E-state index < -0.39 is 5.60 Å². The van der Waals surface area contributed by atoms with Gasteiger partial charge in [0.05, 0.1) is 0 Å². The van der Waals surface area contributed by atoms with E-state index in [0.717, 1.165) is 18.7 Å². The van der Waals surface area contributed by atoms with Crippen LogP contribution in [-0.4, -0.2) is 30.4 Å². The lowest BCUT2D eigenvalue weighted by Gasteiger charge is -2.21. The van der Waals surface area contributed by atoms with Crippen molar-refractivity contribution in [3.63, 3.8) is 0 Å². The molecule has 1 aliphatic rings. The van der Waals surface area contributed by atoms with Crippen molar-refractivity contribution in [3.8, 4) is 5.75 Å². The lowest BCUT2D eigenvalue weighted by Crippen LogP contribution is -2.38. The summed E-state index contributed by atoms with van der Waals surface area (Å²) in [5.74, 6) is 0.820. The molecular weight excluding hydrogens is 190 g/mol. The molecule has 0 spiro atoms. The maximum absolute atomic E-state index is 10.0. The Kier molecular flexibility index (Phi) is 2.93. The van der Waals surface area contributed by atoms with Crippen LogP contribution in [0.5, 0.6) is 5.75 Å². The van der Waals surface area contributed by atoms with Crippen molar-refractivity contribution < 1.29 is 9.84 Å². The summed E-state index contributed by atoms with van der Waals surface area (Å²) in [6, 6.07) is 7.88. The highest BCUT2D eigenvalue weighted by molar-refractivity contribution is 5.26. The van der Waals surface area contributed by atoms with E-state index in [1.54, 1.807) is 0 Å². The molecule has 1 atom stereocenters. The van der Waals surface area contributed by atoms with Crippen molar-refractivity contribution in [2.75, 3.05) is 19.7 Å². The van der Waals surface area contributed by atoms with Gasteiger partial charge in [-0.2, -0.15) is 0 Å². The number of nitrogens with one attached hydrogen (secondary N) is 1. The zero-order chi connectivity index (χ0) is 10.7. The summed E-state index contributed by atoms with van der Waals surface area (Å²) in [5, 5.41) is 13.1. The Labute approximate surface area is 90.1 Å². The van der Waals surface area contributed by atoms with Crippen LogP contribution in [0.15, 0.2) is 24.3 Å². The largest absolute Gasteiger partial charge is 0.491 e. The molecule has 0 saturated carbocycles. The molecule has 1 saturated heterocycles. The van der Waals surface area contributed by atoms with Crippen LogP contribution in [-0.2, 0) is 0 Å². The Hall–Kier alpha value is -1.06. The average Bonchev–Trinajstić information content (AvgIpc) is 2.65. The van der Waals surface area contributed by atoms with Crippen LogP contribution >= 0.6 is 0 Å². The van der Waals surface area contributed by atoms with E-state index in [1.165, 1.54) is 5.56 Å². The van der Waals surface area contributed by atoms with Crippen molar-refractivity contribution in [2.24, 2.45) is 0 Å². The molecule has 82 valence electrons. The van der Waals surface area contributed by atoms with Gasteiger partial charge in [-0.25, -0.2) is 0 Å². The number of ether oxygens (including phenoxy) is 1. The molecule has 1 aliphatic heterocycles. The molecule has 0 aliphatic carbocycles. The van der Waals surface area contributed by atoms with Gasteiger partial charge in [0.15, 0.2) is 0 Å². The van der Waals surface area contributed by atoms with Crippen LogP contribution in [0.2, 0.25) is 0 Å². The van der Waals surface area contributed by atoms with Gasteiger partial charge in [-0.05, 0) is 32.0 Å². The first-order valence-electron chi connectivity index (χ1n) is 5.31. The van der Waals surface area contributed by atoms with Gasteiger partial charge >= 0.3 is 0 Å². The minimum Gasteiger partial charge on any atom is -0.491 e. The van der Waals surface area contributed by atoms with Gasteiger partial charge in [0.2, 0.25) is 0 Å². The second kappa shape index (κ2) is 4.21. The van der Waals surface area contributed by atoms with E-state index in [-0.39, 0.29) is 0 Å². The number of aryl methyl sites for hydroxylation is 1. The van der Waals surface area contributed by atoms with E-state index in [1.807, 2.05) is 31.2 Å². The van der Waals surface area contributed by atoms with Crippen LogP contribution in [0.25, 0.3) is 0 Å². The monoisotopic (exact) mass is 207 g/mol. The van der Waals surface area contributed by atoms with E-state index in [2.05, 4.69) is 5.32 Å². The molecule has 1 heterocycles. The molecule has 2 rings (SSSR count). The fourth-order valence-electron chi connectivity index (χ4n) is 1.71. The molecule has 3 nitrogen and oxygen atoms in total. The van der Waals surface area contributed by atoms with Crippen molar-refractivity contribution in [3.05, 3.63) is 29.8 Å². The molecule has 15 heavy (non-hydrogen) atoms. The van der Waals surface area contributed by atoms with Gasteiger partial charge in [0.1, 0.15) is 18.0 Å². The Balaban J connectivity index is 1.90. The summed E-state index contributed by atoms with van der Waals surface area (Å²) in [6.07, 6.45) is 0.763. The molecule has 0 radical (unpaired) electrons. The summed E-state index contributed by atoms with van der Waals surface area (Å²) < 4.78 is 5.56. The number of benzene rings is 1. The summed E-state index contributed by atoms with van der Waals surface area (Å²) in [5.41, 5.74) is 0.522. The highest BCUT2D eigenvalue weighted by Crippen LogP contribution is 2.18. The number of rotatable bonds is 3. The SMILES string of the molecule is Cc1ccc(OCC2(O)CCNC2)cc1. The molecule has 0 bridgehead atoms. The van der Waals surface area contributed by atoms with E-state index >= 15 is 0 Å². The van der Waals surface area contributed by atoms with E-state index in [0.29, 0.717) is 13.2 Å². The second-order valence-electron chi connectivity index (χ2n) is 4.25. The van der Waals surface area contributed by atoms with Crippen molar-refractivity contribution >= 4 is 0 Å². The van der Waals surface area contributed by atoms with Gasteiger partial charge in [-0.3, -0.25) is 0 Å². The Morgan fingerprint density at radius 3 is 2.73 bits per heavy atom. The highest BCUT2D eigenvalue weighted by Gasteiger charge is 2.31. The van der Waals surface area contributed by atoms with Crippen molar-refractivity contribution in [2.45, 2.75) is 18.9 Å². The molecular formula is C12H17NO2. The van der Waals surface area contributed by atoms with Crippen LogP contribution < -0.4 is 10.1 Å². The van der Waals surface area contributed by atoms with Gasteiger partial charge in [-0.15, -0.1) is 0 Å². The first-order chi connectivity index (χ1) is 7.18. The molecule has 2 N–H and O–H groups in total. The highest BCUT2D eigenvalue weighted by atomic mass is 16.5. The minimum atomic E-state index is -0.690. The molecule has 1 aromatic rings. The first-order valence-corrected chi connectivity index (χ1v) is 5.31. The van der Waals surface area contributed by atoms with Crippen molar-refractivity contribution in [1.82, 2.24) is 5.32 Å². The van der Waals surface area contributed by atoms with E-state index in [9.17, 15) is 5.11 Å². The van der Waals surface area contributed by atoms with Crippen LogP contribution in [0.3, 0.4) is 0 Å². The maximum Gasteiger partial charge on any atom is 0.119 e. The third kappa shape index (κ3) is 2.70. The number of β-amino-alcohol motifs (C(OH)–C–C–N with tert-alkyl or cyclic N) is 1. The Morgan fingerprint density at radius 2 is 2.13 bits per heavy atom. The van der Waals surface area contributed by atoms with Crippen LogP contribution in [0.1, 0.15) is 12.0 Å². The quantitative estimate of drug-likeness (QED) is 0.780. The number of aliphatic hydroxyl groups is 1. The molecule has 1 unspecified atom stereocenters. The molecule has 1 aromatic carbocycles. The van der Waals surface area contributed by atoms with Gasteiger partial charge < -0.3 is 15.2 Å². The zero-order valence-electron chi connectivity index (χ0n) is 8.99. The zero-order valence-corrected chi connectivity index (χ0v) is 8.99. The molecule has 0 aromatic heterocycles. The Morgan fingerprint density at radius 1 is 1.40 bits per heavy atom. The minimum absolute atomic E-state index is 0.364. The maximum atomic E-state index is 10.0.